The Morgan fingerprint density at radius 2 is 1.71 bits per heavy atom. The molecule has 4 aromatic rings. The van der Waals surface area contributed by atoms with Crippen molar-refractivity contribution in [3.8, 4) is 0 Å². The van der Waals surface area contributed by atoms with E-state index >= 15 is 0 Å². The van der Waals surface area contributed by atoms with Crippen LogP contribution in [-0.4, -0.2) is 29.1 Å². The van der Waals surface area contributed by atoms with Crippen LogP contribution in [0, 0.1) is 0 Å². The summed E-state index contributed by atoms with van der Waals surface area (Å²) >= 11 is 1.59. The Bertz CT molecular complexity index is 1210. The monoisotopic (exact) mass is 432 g/mol. The third kappa shape index (κ3) is 5.43. The number of imidazole rings is 1. The van der Waals surface area contributed by atoms with Gasteiger partial charge in [0, 0.05) is 15.5 Å². The Labute approximate surface area is 183 Å². The summed E-state index contributed by atoms with van der Waals surface area (Å²) in [5, 5.41) is 5.44. The van der Waals surface area contributed by atoms with Gasteiger partial charge in [-0.3, -0.25) is 10.1 Å². The highest BCUT2D eigenvalue weighted by atomic mass is 32.2. The van der Waals surface area contributed by atoms with E-state index < -0.39 is 6.09 Å². The summed E-state index contributed by atoms with van der Waals surface area (Å²) in [5.41, 5.74) is 3.28. The van der Waals surface area contributed by atoms with Crippen molar-refractivity contribution in [2.24, 2.45) is 0 Å². The maximum Gasteiger partial charge on any atom is 0.413 e. The van der Waals surface area contributed by atoms with Crippen LogP contribution in [-0.2, 0) is 16.0 Å². The number of hydrogen-bond donors (Lipinski definition) is 3. The number of H-pyrrole nitrogens is 1. The van der Waals surface area contributed by atoms with Crippen molar-refractivity contribution in [1.29, 1.82) is 0 Å². The summed E-state index contributed by atoms with van der Waals surface area (Å²) in [7, 11) is 1.30. The number of aromatic amines is 1. The first-order valence-electron chi connectivity index (χ1n) is 9.55. The van der Waals surface area contributed by atoms with Gasteiger partial charge < -0.3 is 15.0 Å². The zero-order valence-electron chi connectivity index (χ0n) is 16.7. The van der Waals surface area contributed by atoms with Crippen LogP contribution >= 0.6 is 11.8 Å². The van der Waals surface area contributed by atoms with Crippen molar-refractivity contribution < 1.29 is 14.3 Å². The van der Waals surface area contributed by atoms with Gasteiger partial charge in [-0.15, -0.1) is 0 Å². The van der Waals surface area contributed by atoms with E-state index in [0.29, 0.717) is 12.4 Å². The van der Waals surface area contributed by atoms with E-state index in [-0.39, 0.29) is 5.91 Å². The summed E-state index contributed by atoms with van der Waals surface area (Å²) in [4.78, 5) is 32.9. The summed E-state index contributed by atoms with van der Waals surface area (Å²) in [6.45, 7) is 0. The highest BCUT2D eigenvalue weighted by Crippen LogP contribution is 2.30. The van der Waals surface area contributed by atoms with Gasteiger partial charge in [-0.2, -0.15) is 0 Å². The molecule has 0 fully saturated rings. The van der Waals surface area contributed by atoms with Crippen molar-refractivity contribution in [2.45, 2.75) is 16.2 Å². The molecule has 2 amide bonds. The SMILES string of the molecule is COC(=O)Nc1nc2ccc(Sc3ccc(NC(=O)Cc4ccccc4)cc3)cc2[nH]1. The highest BCUT2D eigenvalue weighted by Gasteiger charge is 2.08. The van der Waals surface area contributed by atoms with E-state index in [4.69, 9.17) is 0 Å². The molecule has 156 valence electrons. The van der Waals surface area contributed by atoms with Gasteiger partial charge in [-0.1, -0.05) is 42.1 Å². The number of benzene rings is 3. The Balaban J connectivity index is 1.38. The van der Waals surface area contributed by atoms with Gasteiger partial charge in [0.25, 0.3) is 0 Å². The molecule has 0 unspecified atom stereocenters. The number of anilines is 2. The predicted octanol–water partition coefficient (Wildman–Crippen LogP) is 5.07. The predicted molar refractivity (Wildman–Crippen MR) is 121 cm³/mol. The first-order valence-corrected chi connectivity index (χ1v) is 10.4. The second kappa shape index (κ2) is 9.36. The highest BCUT2D eigenvalue weighted by molar-refractivity contribution is 7.99. The van der Waals surface area contributed by atoms with Crippen LogP contribution in [0.1, 0.15) is 5.56 Å². The summed E-state index contributed by atoms with van der Waals surface area (Å²) in [6, 6.07) is 23.2. The number of carbonyl (C=O) groups excluding carboxylic acids is 2. The average Bonchev–Trinajstić information content (AvgIpc) is 3.17. The maximum absolute atomic E-state index is 12.2. The van der Waals surface area contributed by atoms with E-state index in [9.17, 15) is 9.59 Å². The van der Waals surface area contributed by atoms with Crippen LogP contribution < -0.4 is 10.6 Å². The number of nitrogens with zero attached hydrogens (tertiary/aromatic N) is 1. The molecule has 0 saturated carbocycles. The minimum Gasteiger partial charge on any atom is -0.453 e. The molecule has 1 heterocycles. The number of carbonyl (C=O) groups is 2. The van der Waals surface area contributed by atoms with E-state index in [1.54, 1.807) is 11.8 Å². The van der Waals surface area contributed by atoms with E-state index in [1.165, 1.54) is 7.11 Å². The lowest BCUT2D eigenvalue weighted by molar-refractivity contribution is -0.115. The largest absolute Gasteiger partial charge is 0.453 e. The van der Waals surface area contributed by atoms with E-state index in [0.717, 1.165) is 32.1 Å². The van der Waals surface area contributed by atoms with Crippen LogP contribution in [0.15, 0.2) is 82.6 Å². The molecule has 0 aliphatic heterocycles. The number of methoxy groups -OCH3 is 1. The number of amides is 2. The van der Waals surface area contributed by atoms with Gasteiger partial charge in [-0.25, -0.2) is 9.78 Å². The summed E-state index contributed by atoms with van der Waals surface area (Å²) < 4.78 is 4.58. The van der Waals surface area contributed by atoms with Crippen LogP contribution in [0.25, 0.3) is 11.0 Å². The average molecular weight is 433 g/mol. The van der Waals surface area contributed by atoms with Crippen molar-refractivity contribution in [3.63, 3.8) is 0 Å². The lowest BCUT2D eigenvalue weighted by Crippen LogP contribution is -2.14. The van der Waals surface area contributed by atoms with Gasteiger partial charge in [-0.05, 0) is 48.0 Å². The Morgan fingerprint density at radius 3 is 2.45 bits per heavy atom. The third-order valence-electron chi connectivity index (χ3n) is 4.44. The van der Waals surface area contributed by atoms with Gasteiger partial charge in [0.1, 0.15) is 0 Å². The number of nitrogens with one attached hydrogen (secondary N) is 3. The maximum atomic E-state index is 12.2. The van der Waals surface area contributed by atoms with Crippen molar-refractivity contribution in [1.82, 2.24) is 9.97 Å². The minimum atomic E-state index is -0.579. The molecule has 0 radical (unpaired) electrons. The van der Waals surface area contributed by atoms with Crippen molar-refractivity contribution in [2.75, 3.05) is 17.7 Å². The second-order valence-corrected chi connectivity index (χ2v) is 7.86. The fourth-order valence-electron chi connectivity index (χ4n) is 2.99. The number of rotatable bonds is 6. The fraction of sp³-hybridized carbons (Fsp3) is 0.0870. The zero-order chi connectivity index (χ0) is 21.6. The standard InChI is InChI=1S/C23H20N4O3S/c1-30-23(29)27-22-25-19-12-11-18(14-20(19)26-22)31-17-9-7-16(8-10-17)24-21(28)13-15-5-3-2-4-6-15/h2-12,14H,13H2,1H3,(H,24,28)(H2,25,26,27,29). The van der Waals surface area contributed by atoms with Crippen LogP contribution in [0.2, 0.25) is 0 Å². The van der Waals surface area contributed by atoms with Crippen molar-refractivity contribution in [3.05, 3.63) is 78.4 Å². The molecule has 7 nitrogen and oxygen atoms in total. The first kappa shape index (κ1) is 20.5. The Hall–Kier alpha value is -3.78. The number of hydrogen-bond acceptors (Lipinski definition) is 5. The van der Waals surface area contributed by atoms with Gasteiger partial charge in [0.2, 0.25) is 11.9 Å². The lowest BCUT2D eigenvalue weighted by atomic mass is 10.1. The summed E-state index contributed by atoms with van der Waals surface area (Å²) in [5.74, 6) is 0.285. The molecule has 0 saturated heterocycles. The first-order chi connectivity index (χ1) is 15.1. The molecule has 1 aromatic heterocycles. The molecular formula is C23H20N4O3S. The topological polar surface area (TPSA) is 96.1 Å². The lowest BCUT2D eigenvalue weighted by Gasteiger charge is -2.07. The third-order valence-corrected chi connectivity index (χ3v) is 5.44. The molecule has 4 rings (SSSR count). The van der Waals surface area contributed by atoms with Gasteiger partial charge in [0.15, 0.2) is 0 Å². The molecule has 3 aromatic carbocycles. The Morgan fingerprint density at radius 1 is 0.968 bits per heavy atom. The second-order valence-electron chi connectivity index (χ2n) is 6.72. The van der Waals surface area contributed by atoms with Crippen molar-refractivity contribution >= 4 is 46.4 Å². The van der Waals surface area contributed by atoms with Gasteiger partial charge >= 0.3 is 6.09 Å². The van der Waals surface area contributed by atoms with Crippen LogP contribution in [0.5, 0.6) is 0 Å². The molecule has 31 heavy (non-hydrogen) atoms. The minimum absolute atomic E-state index is 0.0485. The summed E-state index contributed by atoms with van der Waals surface area (Å²) in [6.07, 6.45) is -0.237. The number of aromatic nitrogens is 2. The Kier molecular flexibility index (Phi) is 6.18. The smallest absolute Gasteiger partial charge is 0.413 e. The van der Waals surface area contributed by atoms with E-state index in [2.05, 4.69) is 25.3 Å². The van der Waals surface area contributed by atoms with E-state index in [1.807, 2.05) is 72.8 Å². The molecule has 3 N–H and O–H groups in total. The molecule has 0 atom stereocenters. The zero-order valence-corrected chi connectivity index (χ0v) is 17.5. The quantitative estimate of drug-likeness (QED) is 0.395. The van der Waals surface area contributed by atoms with Crippen LogP contribution in [0.4, 0.5) is 16.4 Å². The van der Waals surface area contributed by atoms with Crippen LogP contribution in [0.3, 0.4) is 0 Å². The number of ether oxygens (including phenoxy) is 1. The fourth-order valence-corrected chi connectivity index (χ4v) is 3.85. The molecule has 0 aliphatic rings. The molecular weight excluding hydrogens is 412 g/mol. The molecule has 8 heteroatoms. The normalized spacial score (nSPS) is 10.6. The van der Waals surface area contributed by atoms with Gasteiger partial charge in [0.05, 0.1) is 24.6 Å². The molecule has 0 bridgehead atoms. The number of fused-ring (bicyclic) bond motifs is 1. The molecule has 0 spiro atoms. The molecule has 0 aliphatic carbocycles.